The first-order valence-corrected chi connectivity index (χ1v) is 5.57. The molecule has 0 saturated carbocycles. The first-order valence-electron chi connectivity index (χ1n) is 5.57. The average Bonchev–Trinajstić information content (AvgIpc) is 2.70. The molecule has 1 saturated heterocycles. The van der Waals surface area contributed by atoms with E-state index >= 15 is 0 Å². The second-order valence-corrected chi connectivity index (χ2v) is 4.81. The van der Waals surface area contributed by atoms with Crippen LogP contribution in [0.15, 0.2) is 24.3 Å². The molecule has 1 N–H and O–H groups in total. The minimum Gasteiger partial charge on any atom is -0.285 e. The number of alkyl halides is 4. The number of benzene rings is 1. The summed E-state index contributed by atoms with van der Waals surface area (Å²) in [4.78, 5) is 4.54. The highest BCUT2D eigenvalue weighted by Crippen LogP contribution is 2.47. The SMILES string of the molecule is C[C@]1(C(F)(F)F)C[C@](CF)(c2ccccc2F)NO1. The van der Waals surface area contributed by atoms with E-state index in [9.17, 15) is 22.0 Å². The summed E-state index contributed by atoms with van der Waals surface area (Å²) in [6.07, 6.45) is -5.41. The molecule has 0 bridgehead atoms. The summed E-state index contributed by atoms with van der Waals surface area (Å²) in [6.45, 7) is -0.405. The Kier molecular flexibility index (Phi) is 3.30. The molecular weight excluding hydrogens is 269 g/mol. The topological polar surface area (TPSA) is 21.3 Å². The Labute approximate surface area is 106 Å². The Hall–Kier alpha value is -1.21. The van der Waals surface area contributed by atoms with Gasteiger partial charge >= 0.3 is 6.18 Å². The fourth-order valence-electron chi connectivity index (χ4n) is 2.16. The number of hydrogen-bond acceptors (Lipinski definition) is 2. The van der Waals surface area contributed by atoms with Gasteiger partial charge in [-0.1, -0.05) is 18.2 Å². The van der Waals surface area contributed by atoms with Crippen LogP contribution in [0.5, 0.6) is 0 Å². The number of halogens is 5. The molecule has 7 heteroatoms. The van der Waals surface area contributed by atoms with E-state index in [0.29, 0.717) is 0 Å². The molecule has 1 heterocycles. The van der Waals surface area contributed by atoms with Crippen molar-refractivity contribution in [3.8, 4) is 0 Å². The van der Waals surface area contributed by atoms with Crippen LogP contribution in [0.3, 0.4) is 0 Å². The van der Waals surface area contributed by atoms with Crippen LogP contribution in [0.2, 0.25) is 0 Å². The molecule has 2 rings (SSSR count). The van der Waals surface area contributed by atoms with Crippen molar-refractivity contribution in [1.82, 2.24) is 5.48 Å². The minimum atomic E-state index is -4.68. The Morgan fingerprint density at radius 1 is 1.32 bits per heavy atom. The molecule has 0 spiro atoms. The van der Waals surface area contributed by atoms with E-state index in [2.05, 4.69) is 4.84 Å². The molecular formula is C12H12F5NO. The monoisotopic (exact) mass is 281 g/mol. The molecule has 0 amide bonds. The molecule has 1 aliphatic rings. The summed E-state index contributed by atoms with van der Waals surface area (Å²) in [6, 6.07) is 5.12. The van der Waals surface area contributed by atoms with Gasteiger partial charge in [0.1, 0.15) is 18.0 Å². The summed E-state index contributed by atoms with van der Waals surface area (Å²) < 4.78 is 65.5. The van der Waals surface area contributed by atoms with E-state index in [1.54, 1.807) is 0 Å². The summed E-state index contributed by atoms with van der Waals surface area (Å²) in [7, 11) is 0. The third-order valence-corrected chi connectivity index (χ3v) is 3.33. The second kappa shape index (κ2) is 4.42. The molecule has 2 atom stereocenters. The highest BCUT2D eigenvalue weighted by Gasteiger charge is 2.62. The summed E-state index contributed by atoms with van der Waals surface area (Å²) in [5, 5.41) is 0. The number of rotatable bonds is 2. The fourth-order valence-corrected chi connectivity index (χ4v) is 2.16. The lowest BCUT2D eigenvalue weighted by Gasteiger charge is -2.27. The van der Waals surface area contributed by atoms with Crippen LogP contribution in [-0.2, 0) is 10.4 Å². The first kappa shape index (κ1) is 14.2. The highest BCUT2D eigenvalue weighted by atomic mass is 19.4. The van der Waals surface area contributed by atoms with Crippen molar-refractivity contribution in [3.63, 3.8) is 0 Å². The van der Waals surface area contributed by atoms with E-state index in [4.69, 9.17) is 0 Å². The van der Waals surface area contributed by atoms with Crippen LogP contribution in [0.4, 0.5) is 22.0 Å². The molecule has 0 unspecified atom stereocenters. The van der Waals surface area contributed by atoms with E-state index in [-0.39, 0.29) is 5.56 Å². The van der Waals surface area contributed by atoms with Crippen LogP contribution in [0.25, 0.3) is 0 Å². The van der Waals surface area contributed by atoms with E-state index < -0.39 is 36.2 Å². The maximum atomic E-state index is 13.7. The number of nitrogens with one attached hydrogen (secondary N) is 1. The van der Waals surface area contributed by atoms with Gasteiger partial charge in [-0.05, 0) is 13.0 Å². The maximum absolute atomic E-state index is 13.7. The van der Waals surface area contributed by atoms with Crippen molar-refractivity contribution in [2.75, 3.05) is 6.67 Å². The van der Waals surface area contributed by atoms with Crippen molar-refractivity contribution in [3.05, 3.63) is 35.6 Å². The van der Waals surface area contributed by atoms with Gasteiger partial charge in [0.15, 0.2) is 5.60 Å². The van der Waals surface area contributed by atoms with Crippen LogP contribution < -0.4 is 5.48 Å². The summed E-state index contributed by atoms with van der Waals surface area (Å²) >= 11 is 0. The zero-order valence-corrected chi connectivity index (χ0v) is 10.0. The Bertz CT molecular complexity index is 477. The Morgan fingerprint density at radius 3 is 2.42 bits per heavy atom. The lowest BCUT2D eigenvalue weighted by molar-refractivity contribution is -0.268. The smallest absolute Gasteiger partial charge is 0.285 e. The summed E-state index contributed by atoms with van der Waals surface area (Å²) in [5.41, 5.74) is -2.51. The van der Waals surface area contributed by atoms with Gasteiger partial charge in [-0.25, -0.2) is 8.78 Å². The molecule has 106 valence electrons. The second-order valence-electron chi connectivity index (χ2n) is 4.81. The normalized spacial score (nSPS) is 31.7. The van der Waals surface area contributed by atoms with Crippen molar-refractivity contribution in [1.29, 1.82) is 0 Å². The van der Waals surface area contributed by atoms with E-state index in [0.717, 1.165) is 13.0 Å². The molecule has 1 aromatic rings. The van der Waals surface area contributed by atoms with E-state index in [1.807, 2.05) is 5.48 Å². The van der Waals surface area contributed by atoms with Crippen LogP contribution in [0, 0.1) is 5.82 Å². The lowest BCUT2D eigenvalue weighted by Crippen LogP contribution is -2.43. The molecule has 0 aromatic heterocycles. The van der Waals surface area contributed by atoms with E-state index in [1.165, 1.54) is 18.2 Å². The highest BCUT2D eigenvalue weighted by molar-refractivity contribution is 5.28. The van der Waals surface area contributed by atoms with Crippen molar-refractivity contribution < 1.29 is 26.8 Å². The van der Waals surface area contributed by atoms with Crippen molar-refractivity contribution in [2.45, 2.75) is 30.7 Å². The molecule has 2 nitrogen and oxygen atoms in total. The van der Waals surface area contributed by atoms with Gasteiger partial charge in [0.2, 0.25) is 0 Å². The molecule has 0 radical (unpaired) electrons. The zero-order valence-electron chi connectivity index (χ0n) is 10.0. The van der Waals surface area contributed by atoms with Gasteiger partial charge in [0.25, 0.3) is 0 Å². The van der Waals surface area contributed by atoms with Gasteiger partial charge in [-0.2, -0.15) is 18.7 Å². The minimum absolute atomic E-state index is 0.175. The third kappa shape index (κ3) is 2.21. The average molecular weight is 281 g/mol. The van der Waals surface area contributed by atoms with Gasteiger partial charge in [0, 0.05) is 12.0 Å². The zero-order chi connectivity index (χ0) is 14.3. The fraction of sp³-hybridized carbons (Fsp3) is 0.500. The van der Waals surface area contributed by atoms with Gasteiger partial charge in [-0.15, -0.1) is 0 Å². The van der Waals surface area contributed by atoms with Gasteiger partial charge < -0.3 is 0 Å². The largest absolute Gasteiger partial charge is 0.419 e. The molecule has 1 fully saturated rings. The standard InChI is InChI=1S/C12H12F5NO/c1-10(12(15,16)17)6-11(7-13,18-19-10)8-4-2-3-5-9(8)14/h2-5,18H,6-7H2,1H3/t10-,11+/m1/s1. The number of hydroxylamine groups is 1. The molecule has 1 aliphatic heterocycles. The van der Waals surface area contributed by atoms with Crippen LogP contribution >= 0.6 is 0 Å². The molecule has 1 aromatic carbocycles. The Morgan fingerprint density at radius 2 is 1.95 bits per heavy atom. The third-order valence-electron chi connectivity index (χ3n) is 3.33. The Balaban J connectivity index is 2.41. The lowest BCUT2D eigenvalue weighted by atomic mass is 9.82. The van der Waals surface area contributed by atoms with Crippen LogP contribution in [0.1, 0.15) is 18.9 Å². The number of hydrogen-bond donors (Lipinski definition) is 1. The van der Waals surface area contributed by atoms with Gasteiger partial charge in [-0.3, -0.25) is 4.84 Å². The quantitative estimate of drug-likeness (QED) is 0.840. The predicted octanol–water partition coefficient (Wildman–Crippen LogP) is 3.24. The molecule has 19 heavy (non-hydrogen) atoms. The first-order chi connectivity index (χ1) is 8.74. The van der Waals surface area contributed by atoms with Crippen LogP contribution in [-0.4, -0.2) is 18.5 Å². The van der Waals surface area contributed by atoms with Gasteiger partial charge in [0.05, 0.1) is 0 Å². The summed E-state index contributed by atoms with van der Waals surface area (Å²) in [5.74, 6) is -0.775. The van der Waals surface area contributed by atoms with Crippen molar-refractivity contribution in [2.24, 2.45) is 0 Å². The molecule has 0 aliphatic carbocycles. The van der Waals surface area contributed by atoms with Crippen molar-refractivity contribution >= 4 is 0 Å². The predicted molar refractivity (Wildman–Crippen MR) is 57.4 cm³/mol. The maximum Gasteiger partial charge on any atom is 0.419 e.